The van der Waals surface area contributed by atoms with Gasteiger partial charge in [-0.1, -0.05) is 12.1 Å². The van der Waals surface area contributed by atoms with E-state index in [0.29, 0.717) is 5.88 Å². The standard InChI is InChI=1S/C14H15BrClNO/c1-9-13(10(2)18)11-5-3-6-12(15)14(11)17(9)8-4-7-16/h3,5-6H,4,7-8H2,1-2H3. The zero-order valence-electron chi connectivity index (χ0n) is 10.5. The Hall–Kier alpha value is -0.800. The van der Waals surface area contributed by atoms with Gasteiger partial charge in [-0.3, -0.25) is 4.79 Å². The van der Waals surface area contributed by atoms with E-state index in [1.807, 2.05) is 25.1 Å². The third kappa shape index (κ3) is 2.21. The van der Waals surface area contributed by atoms with E-state index in [2.05, 4.69) is 20.5 Å². The molecule has 1 aromatic heterocycles. The number of aryl methyl sites for hydroxylation is 1. The van der Waals surface area contributed by atoms with Crippen LogP contribution in [-0.4, -0.2) is 16.2 Å². The molecule has 0 spiro atoms. The summed E-state index contributed by atoms with van der Waals surface area (Å²) in [5.41, 5.74) is 2.93. The molecule has 1 heterocycles. The van der Waals surface area contributed by atoms with E-state index in [9.17, 15) is 4.79 Å². The van der Waals surface area contributed by atoms with Crippen LogP contribution in [0.4, 0.5) is 0 Å². The number of aromatic nitrogens is 1. The Morgan fingerprint density at radius 2 is 2.17 bits per heavy atom. The van der Waals surface area contributed by atoms with Crippen LogP contribution in [0.5, 0.6) is 0 Å². The average molecular weight is 329 g/mol. The molecule has 2 rings (SSSR count). The summed E-state index contributed by atoms with van der Waals surface area (Å²) in [4.78, 5) is 11.8. The Morgan fingerprint density at radius 1 is 1.44 bits per heavy atom. The minimum absolute atomic E-state index is 0.111. The summed E-state index contributed by atoms with van der Waals surface area (Å²) in [5.74, 6) is 0.735. The van der Waals surface area contributed by atoms with E-state index in [1.165, 1.54) is 0 Å². The van der Waals surface area contributed by atoms with Crippen LogP contribution in [0.25, 0.3) is 10.9 Å². The number of Topliss-reactive ketones (excluding diaryl/α,β-unsaturated/α-hetero) is 1. The van der Waals surface area contributed by atoms with E-state index < -0.39 is 0 Å². The van der Waals surface area contributed by atoms with Gasteiger partial charge >= 0.3 is 0 Å². The van der Waals surface area contributed by atoms with Crippen molar-refractivity contribution in [2.45, 2.75) is 26.8 Å². The first kappa shape index (κ1) is 13.6. The highest BCUT2D eigenvalue weighted by Crippen LogP contribution is 2.32. The Kier molecular flexibility index (Phi) is 4.13. The number of hydrogen-bond donors (Lipinski definition) is 0. The van der Waals surface area contributed by atoms with E-state index in [0.717, 1.165) is 39.6 Å². The number of fused-ring (bicyclic) bond motifs is 1. The lowest BCUT2D eigenvalue weighted by atomic mass is 10.1. The van der Waals surface area contributed by atoms with Gasteiger partial charge in [-0.25, -0.2) is 0 Å². The summed E-state index contributed by atoms with van der Waals surface area (Å²) in [7, 11) is 0. The number of rotatable bonds is 4. The summed E-state index contributed by atoms with van der Waals surface area (Å²) >= 11 is 9.34. The zero-order valence-corrected chi connectivity index (χ0v) is 12.8. The molecule has 2 aromatic rings. The molecule has 0 saturated carbocycles. The fraction of sp³-hybridized carbons (Fsp3) is 0.357. The van der Waals surface area contributed by atoms with Crippen molar-refractivity contribution in [3.8, 4) is 0 Å². The Morgan fingerprint density at radius 3 is 2.78 bits per heavy atom. The van der Waals surface area contributed by atoms with Gasteiger partial charge in [0.15, 0.2) is 5.78 Å². The molecule has 2 nitrogen and oxygen atoms in total. The van der Waals surface area contributed by atoms with Gasteiger partial charge in [-0.2, -0.15) is 0 Å². The number of alkyl halides is 1. The zero-order chi connectivity index (χ0) is 13.3. The van der Waals surface area contributed by atoms with Gasteiger partial charge < -0.3 is 4.57 Å². The maximum Gasteiger partial charge on any atom is 0.162 e. The first-order valence-corrected chi connectivity index (χ1v) is 7.25. The molecule has 0 radical (unpaired) electrons. The lowest BCUT2D eigenvalue weighted by molar-refractivity contribution is 0.101. The van der Waals surface area contributed by atoms with Crippen molar-refractivity contribution in [2.75, 3.05) is 5.88 Å². The Balaban J connectivity index is 2.75. The minimum atomic E-state index is 0.111. The van der Waals surface area contributed by atoms with Gasteiger partial charge in [0.2, 0.25) is 0 Å². The number of para-hydroxylation sites is 1. The van der Waals surface area contributed by atoms with Crippen LogP contribution in [0.2, 0.25) is 0 Å². The molecule has 4 heteroatoms. The monoisotopic (exact) mass is 327 g/mol. The lowest BCUT2D eigenvalue weighted by Crippen LogP contribution is -2.03. The van der Waals surface area contributed by atoms with E-state index >= 15 is 0 Å². The summed E-state index contributed by atoms with van der Waals surface area (Å²) in [6.45, 7) is 4.45. The van der Waals surface area contributed by atoms with Crippen molar-refractivity contribution in [1.82, 2.24) is 4.57 Å². The summed E-state index contributed by atoms with van der Waals surface area (Å²) in [6.07, 6.45) is 0.894. The van der Waals surface area contributed by atoms with Crippen LogP contribution < -0.4 is 0 Å². The van der Waals surface area contributed by atoms with E-state index in [1.54, 1.807) is 6.92 Å². The van der Waals surface area contributed by atoms with Gasteiger partial charge in [0.25, 0.3) is 0 Å². The smallest absolute Gasteiger partial charge is 0.162 e. The molecule has 0 aliphatic carbocycles. The summed E-state index contributed by atoms with van der Waals surface area (Å²) in [6, 6.07) is 5.97. The van der Waals surface area contributed by atoms with Gasteiger partial charge in [0, 0.05) is 33.5 Å². The SMILES string of the molecule is CC(=O)c1c(C)n(CCCCl)c2c(Br)cccc12. The number of carbonyl (C=O) groups excluding carboxylic acids is 1. The van der Waals surface area contributed by atoms with Crippen molar-refractivity contribution in [3.63, 3.8) is 0 Å². The van der Waals surface area contributed by atoms with E-state index in [-0.39, 0.29) is 5.78 Å². The third-order valence-corrected chi connectivity index (χ3v) is 4.07. The van der Waals surface area contributed by atoms with Crippen LogP contribution in [0.15, 0.2) is 22.7 Å². The molecule has 0 atom stereocenters. The summed E-state index contributed by atoms with van der Waals surface area (Å²) < 4.78 is 3.20. The van der Waals surface area contributed by atoms with Crippen LogP contribution in [0, 0.1) is 6.92 Å². The molecule has 0 aliphatic heterocycles. The second-order valence-electron chi connectivity index (χ2n) is 4.35. The molecule has 0 amide bonds. The van der Waals surface area contributed by atoms with Crippen molar-refractivity contribution >= 4 is 44.2 Å². The fourth-order valence-corrected chi connectivity index (χ4v) is 3.13. The average Bonchev–Trinajstić information content (AvgIpc) is 2.60. The maximum atomic E-state index is 11.8. The lowest BCUT2D eigenvalue weighted by Gasteiger charge is -2.08. The van der Waals surface area contributed by atoms with Gasteiger partial charge in [0.05, 0.1) is 5.52 Å². The first-order valence-electron chi connectivity index (χ1n) is 5.92. The normalized spacial score (nSPS) is 11.1. The largest absolute Gasteiger partial charge is 0.343 e. The number of ketones is 1. The molecule has 0 fully saturated rings. The Bertz CT molecular complexity index is 603. The van der Waals surface area contributed by atoms with Gasteiger partial charge in [0.1, 0.15) is 0 Å². The molecule has 0 bridgehead atoms. The summed E-state index contributed by atoms with van der Waals surface area (Å²) in [5, 5.41) is 1.02. The van der Waals surface area contributed by atoms with E-state index in [4.69, 9.17) is 11.6 Å². The molecule has 96 valence electrons. The number of carbonyl (C=O) groups is 1. The predicted molar refractivity (Wildman–Crippen MR) is 79.7 cm³/mol. The van der Waals surface area contributed by atoms with Crippen LogP contribution >= 0.6 is 27.5 Å². The number of halogens is 2. The highest BCUT2D eigenvalue weighted by molar-refractivity contribution is 9.10. The topological polar surface area (TPSA) is 22.0 Å². The molecule has 0 N–H and O–H groups in total. The first-order chi connectivity index (χ1) is 8.57. The number of hydrogen-bond acceptors (Lipinski definition) is 1. The van der Waals surface area contributed by atoms with Crippen LogP contribution in [0.1, 0.15) is 29.4 Å². The minimum Gasteiger partial charge on any atom is -0.343 e. The molecular formula is C14H15BrClNO. The maximum absolute atomic E-state index is 11.8. The predicted octanol–water partition coefficient (Wildman–Crippen LogP) is 4.54. The molecule has 0 unspecified atom stereocenters. The van der Waals surface area contributed by atoms with Gasteiger partial charge in [-0.05, 0) is 42.3 Å². The molecular weight excluding hydrogens is 314 g/mol. The number of nitrogens with zero attached hydrogens (tertiary/aromatic N) is 1. The van der Waals surface area contributed by atoms with Crippen molar-refractivity contribution < 1.29 is 4.79 Å². The van der Waals surface area contributed by atoms with Crippen molar-refractivity contribution in [2.24, 2.45) is 0 Å². The van der Waals surface area contributed by atoms with Crippen LogP contribution in [-0.2, 0) is 6.54 Å². The second kappa shape index (κ2) is 5.45. The van der Waals surface area contributed by atoms with Crippen molar-refractivity contribution in [1.29, 1.82) is 0 Å². The highest BCUT2D eigenvalue weighted by atomic mass is 79.9. The van der Waals surface area contributed by atoms with Crippen LogP contribution in [0.3, 0.4) is 0 Å². The molecule has 0 aliphatic rings. The second-order valence-corrected chi connectivity index (χ2v) is 5.58. The molecule has 1 aromatic carbocycles. The quantitative estimate of drug-likeness (QED) is 0.596. The third-order valence-electron chi connectivity index (χ3n) is 3.16. The Labute approximate surface area is 120 Å². The molecule has 18 heavy (non-hydrogen) atoms. The number of benzene rings is 1. The molecule has 0 saturated heterocycles. The van der Waals surface area contributed by atoms with Crippen molar-refractivity contribution in [3.05, 3.63) is 33.9 Å². The highest BCUT2D eigenvalue weighted by Gasteiger charge is 2.18. The fourth-order valence-electron chi connectivity index (χ4n) is 2.43. The van der Waals surface area contributed by atoms with Gasteiger partial charge in [-0.15, -0.1) is 11.6 Å².